The number of aryl methyl sites for hydroxylation is 1. The van der Waals surface area contributed by atoms with Crippen LogP contribution in [0.3, 0.4) is 0 Å². The van der Waals surface area contributed by atoms with Gasteiger partial charge in [-0.1, -0.05) is 127 Å². The number of fused-ring (bicyclic) bond motifs is 6. The van der Waals surface area contributed by atoms with Crippen molar-refractivity contribution in [1.29, 1.82) is 0 Å². The molecule has 15 nitrogen and oxygen atoms in total. The van der Waals surface area contributed by atoms with Crippen LogP contribution in [0.15, 0.2) is 121 Å². The van der Waals surface area contributed by atoms with E-state index in [1.807, 2.05) is 104 Å². The molecule has 6 aliphatic heterocycles. The topological polar surface area (TPSA) is 168 Å². The van der Waals surface area contributed by atoms with E-state index in [2.05, 4.69) is 35.8 Å². The summed E-state index contributed by atoms with van der Waals surface area (Å²) in [5, 5.41) is 0. The molecule has 6 saturated heterocycles. The van der Waals surface area contributed by atoms with Crippen molar-refractivity contribution in [3.05, 3.63) is 149 Å². The smallest absolute Gasteiger partial charge is 0.317 e. The van der Waals surface area contributed by atoms with E-state index in [9.17, 15) is 28.8 Å². The second-order valence-corrected chi connectivity index (χ2v) is 23.7. The molecular weight excluding hydrogens is 1050 g/mol. The summed E-state index contributed by atoms with van der Waals surface area (Å²) >= 11 is 0. The predicted octanol–water partition coefficient (Wildman–Crippen LogP) is 10.3. The zero-order valence-electron chi connectivity index (χ0n) is 48.9. The number of benzene rings is 3. The highest BCUT2D eigenvalue weighted by molar-refractivity contribution is 5.81. The second kappa shape index (κ2) is 29.7. The van der Waals surface area contributed by atoms with E-state index in [4.69, 9.17) is 28.4 Å². The van der Waals surface area contributed by atoms with Gasteiger partial charge >= 0.3 is 35.8 Å². The third-order valence-corrected chi connectivity index (χ3v) is 18.4. The van der Waals surface area contributed by atoms with Crippen LogP contribution < -0.4 is 0 Å². The maximum atomic E-state index is 14.0. The molecule has 444 valence electrons. The molecule has 6 fully saturated rings. The van der Waals surface area contributed by atoms with E-state index < -0.39 is 41.6 Å². The Morgan fingerprint density at radius 3 is 1.24 bits per heavy atom. The van der Waals surface area contributed by atoms with Crippen LogP contribution in [0, 0.1) is 0 Å². The number of ether oxygens (including phenoxy) is 6. The molecule has 6 bridgehead atoms. The zero-order valence-corrected chi connectivity index (χ0v) is 48.9. The molecule has 6 heterocycles. The molecule has 0 amide bonds. The first kappa shape index (κ1) is 60.9. The minimum Gasteiger partial charge on any atom is -0.464 e. The average molecular weight is 1140 g/mol. The third-order valence-electron chi connectivity index (χ3n) is 18.4. The maximum Gasteiger partial charge on any atom is 0.317 e. The Morgan fingerprint density at radius 1 is 0.458 bits per heavy atom. The predicted molar refractivity (Wildman–Crippen MR) is 316 cm³/mol. The number of nitrogens with zero attached hydrogens (tertiary/aromatic N) is 3. The highest BCUT2D eigenvalue weighted by atomic mass is 16.6. The Labute approximate surface area is 490 Å². The molecule has 0 aliphatic carbocycles. The largest absolute Gasteiger partial charge is 0.464 e. The summed E-state index contributed by atoms with van der Waals surface area (Å²) in [6.07, 6.45) is 26.7. The van der Waals surface area contributed by atoms with Gasteiger partial charge in [-0.3, -0.25) is 28.8 Å². The number of carbonyl (C=O) groups excluding carboxylic acids is 6. The van der Waals surface area contributed by atoms with Gasteiger partial charge in [-0.15, -0.1) is 0 Å². The molecule has 3 aromatic rings. The zero-order chi connectivity index (χ0) is 58.2. The van der Waals surface area contributed by atoms with Gasteiger partial charge in [0.25, 0.3) is 0 Å². The van der Waals surface area contributed by atoms with Gasteiger partial charge in [-0.25, -0.2) is 0 Å². The number of rotatable bonds is 26. The number of hydrogen-bond acceptors (Lipinski definition) is 15. The molecule has 3 aromatic carbocycles. The van der Waals surface area contributed by atoms with E-state index in [1.54, 1.807) is 30.4 Å². The monoisotopic (exact) mass is 1140 g/mol. The van der Waals surface area contributed by atoms with E-state index in [0.717, 1.165) is 93.7 Å². The van der Waals surface area contributed by atoms with Crippen LogP contribution in [0.2, 0.25) is 0 Å². The van der Waals surface area contributed by atoms with Gasteiger partial charge in [0.1, 0.15) is 55.9 Å². The van der Waals surface area contributed by atoms with Crippen LogP contribution in [-0.4, -0.2) is 146 Å². The third kappa shape index (κ3) is 16.8. The van der Waals surface area contributed by atoms with E-state index in [1.165, 1.54) is 0 Å². The summed E-state index contributed by atoms with van der Waals surface area (Å²) in [6.45, 7) is 1.47. The van der Waals surface area contributed by atoms with E-state index in [-0.39, 0.29) is 69.3 Å². The van der Waals surface area contributed by atoms with Gasteiger partial charge in [0.05, 0.1) is 19.3 Å². The number of allylic oxidation sites excluding steroid dienone is 4. The lowest BCUT2D eigenvalue weighted by atomic mass is 9.96. The number of piperidine rings is 3. The van der Waals surface area contributed by atoms with Gasteiger partial charge in [0.15, 0.2) is 0 Å². The fourth-order valence-corrected chi connectivity index (χ4v) is 13.4. The number of hydrogen-bond donors (Lipinski definition) is 0. The van der Waals surface area contributed by atoms with Crippen molar-refractivity contribution in [3.63, 3.8) is 0 Å². The molecule has 0 N–H and O–H groups in total. The fourth-order valence-electron chi connectivity index (χ4n) is 13.4. The first-order chi connectivity index (χ1) is 40.3. The molecule has 15 heteroatoms. The lowest BCUT2D eigenvalue weighted by Crippen LogP contribution is -2.44. The van der Waals surface area contributed by atoms with Crippen molar-refractivity contribution in [3.8, 4) is 0 Å². The van der Waals surface area contributed by atoms with Crippen LogP contribution in [-0.2, 0) is 63.6 Å². The van der Waals surface area contributed by atoms with Crippen molar-refractivity contribution >= 4 is 41.9 Å². The van der Waals surface area contributed by atoms with Gasteiger partial charge in [0.2, 0.25) is 0 Å². The first-order valence-corrected chi connectivity index (χ1v) is 30.4. The Balaban J connectivity index is 0.754. The van der Waals surface area contributed by atoms with Crippen molar-refractivity contribution in [2.24, 2.45) is 0 Å². The van der Waals surface area contributed by atoms with Gasteiger partial charge in [-0.2, -0.15) is 0 Å². The normalized spacial score (nSPS) is 26.3. The van der Waals surface area contributed by atoms with Crippen LogP contribution >= 0.6 is 0 Å². The van der Waals surface area contributed by atoms with Crippen molar-refractivity contribution < 1.29 is 57.2 Å². The number of carbonyl (C=O) groups is 6. The van der Waals surface area contributed by atoms with Crippen LogP contribution in [0.25, 0.3) is 6.08 Å². The minimum absolute atomic E-state index is 0.0153. The van der Waals surface area contributed by atoms with Crippen molar-refractivity contribution in [1.82, 2.24) is 14.7 Å². The molecular formula is C68H85N3O12. The van der Waals surface area contributed by atoms with Crippen LogP contribution in [0.1, 0.15) is 155 Å². The van der Waals surface area contributed by atoms with E-state index >= 15 is 0 Å². The lowest BCUT2D eigenvalue weighted by Gasteiger charge is -2.36. The van der Waals surface area contributed by atoms with Crippen LogP contribution in [0.4, 0.5) is 0 Å². The quantitative estimate of drug-likeness (QED) is 0.0322. The lowest BCUT2D eigenvalue weighted by molar-refractivity contribution is -0.159. The summed E-state index contributed by atoms with van der Waals surface area (Å²) in [4.78, 5) is 87.5. The molecule has 12 atom stereocenters. The van der Waals surface area contributed by atoms with Crippen LogP contribution in [0.5, 0.6) is 0 Å². The minimum atomic E-state index is -0.849. The molecule has 0 radical (unpaired) electrons. The maximum absolute atomic E-state index is 14.0. The Bertz CT molecular complexity index is 2750. The van der Waals surface area contributed by atoms with Crippen molar-refractivity contribution in [2.45, 2.75) is 188 Å². The summed E-state index contributed by atoms with van der Waals surface area (Å²) in [6, 6.07) is 26.8. The Kier molecular flexibility index (Phi) is 21.8. The summed E-state index contributed by atoms with van der Waals surface area (Å²) in [7, 11) is 6.43. The molecule has 83 heavy (non-hydrogen) atoms. The Morgan fingerprint density at radius 2 is 0.831 bits per heavy atom. The summed E-state index contributed by atoms with van der Waals surface area (Å²) in [5.74, 6) is -4.90. The summed E-state index contributed by atoms with van der Waals surface area (Å²) in [5.41, 5.74) is 3.92. The molecule has 9 rings (SSSR count). The highest BCUT2D eigenvalue weighted by Crippen LogP contribution is 2.39. The molecule has 0 aromatic heterocycles. The fraction of sp³-hybridized carbons (Fsp3) is 0.529. The SMILES string of the molecule is C/C=C/C=C/CC(=O)OCC(C(=O)O[C@H]1C[C@H]2CC[C@@H](C1)N2C)c1ccc(CC/C=C/CC(=O)OCC(C(=O)O[C@H]2C[C@H]3CC[C@@H](C2)N3C)c2ccc(/C=C/CC(=O)OCC(C(=O)O[C@H]3C[C@H]4CC[C@@H](C3)N4C)c3ccccc3)cc2)cc1. The average Bonchev–Trinajstić information content (AvgIpc) is 4.17. The molecule has 6 aliphatic rings. The molecule has 0 spiro atoms. The number of esters is 6. The van der Waals surface area contributed by atoms with E-state index in [0.29, 0.717) is 60.2 Å². The van der Waals surface area contributed by atoms with Gasteiger partial charge < -0.3 is 43.1 Å². The standard InChI is InChI=1S/C68H85N3O12/c1-5-6-7-13-20-63(72)78-44-61(67(76)82-58-39-53-33-34-54(40-58)70(53)3)49-27-23-46(24-28-49)16-10-8-14-21-64(73)79-45-62(68(77)83-59-41-55-35-36-56(42-59)71(55)4)50-29-25-47(26-30-50)17-15-22-65(74)80-43-60(48-18-11-9-12-19-48)66(75)81-57-37-51-31-32-52(38-57)69(51)2/h5-9,11-15,17-19,23-30,51-62H,10,16,20-22,31-45H2,1-4H3/b6-5+,13-7+,14-8+,17-15+/t51-,52+,53-,54+,55-,56+,57+,58+,59+,60?,61?,62?. The van der Waals surface area contributed by atoms with Crippen molar-refractivity contribution in [2.75, 3.05) is 41.0 Å². The van der Waals surface area contributed by atoms with Gasteiger partial charge in [0, 0.05) is 36.3 Å². The first-order valence-electron chi connectivity index (χ1n) is 30.4. The highest BCUT2D eigenvalue weighted by Gasteiger charge is 2.43. The molecule has 0 saturated carbocycles. The Hall–Kier alpha value is -6.68. The summed E-state index contributed by atoms with van der Waals surface area (Å²) < 4.78 is 35.4. The second-order valence-electron chi connectivity index (χ2n) is 23.7. The molecule has 3 unspecified atom stereocenters. The van der Waals surface area contributed by atoms with Gasteiger partial charge in [-0.05, 0) is 146 Å².